The summed E-state index contributed by atoms with van der Waals surface area (Å²) in [5.74, 6) is -1.22. The van der Waals surface area contributed by atoms with Crippen LogP contribution in [0, 0.1) is 0 Å². The maximum Gasteiger partial charge on any atom is 0.436 e. The van der Waals surface area contributed by atoms with E-state index in [4.69, 9.17) is 9.26 Å². The van der Waals surface area contributed by atoms with Crippen molar-refractivity contribution < 1.29 is 35.6 Å². The molecule has 15 heteroatoms. The SMILES string of the molecule is CCN(CC)CCOC(=O)Cn1nc(C(F)(F)F)c(Br)c1-c1nc(-c2cccc(S(C)(=O)=O)c2)no1. The Balaban J connectivity index is 1.93. The Morgan fingerprint density at radius 1 is 1.25 bits per heavy atom. The minimum Gasteiger partial charge on any atom is -0.463 e. The highest BCUT2D eigenvalue weighted by atomic mass is 79.9. The van der Waals surface area contributed by atoms with Crippen molar-refractivity contribution in [2.24, 2.45) is 0 Å². The number of alkyl halides is 3. The third-order valence-corrected chi connectivity index (χ3v) is 7.02. The van der Waals surface area contributed by atoms with Gasteiger partial charge >= 0.3 is 12.1 Å². The molecule has 0 saturated heterocycles. The van der Waals surface area contributed by atoms with Crippen LogP contribution in [0.4, 0.5) is 13.2 Å². The summed E-state index contributed by atoms with van der Waals surface area (Å²) >= 11 is 2.89. The highest BCUT2D eigenvalue weighted by molar-refractivity contribution is 9.10. The first-order chi connectivity index (χ1) is 16.8. The van der Waals surface area contributed by atoms with E-state index in [1.807, 2.05) is 18.7 Å². The van der Waals surface area contributed by atoms with E-state index in [1.165, 1.54) is 24.3 Å². The number of benzene rings is 1. The minimum atomic E-state index is -4.84. The van der Waals surface area contributed by atoms with Crippen LogP contribution in [0.25, 0.3) is 23.0 Å². The number of carbonyl (C=O) groups excluding carboxylic acids is 1. The molecule has 10 nitrogen and oxygen atoms in total. The second-order valence-corrected chi connectivity index (χ2v) is 10.4. The van der Waals surface area contributed by atoms with Gasteiger partial charge in [-0.1, -0.05) is 31.1 Å². The molecule has 0 aliphatic carbocycles. The lowest BCUT2D eigenvalue weighted by molar-refractivity contribution is -0.146. The van der Waals surface area contributed by atoms with Crippen molar-refractivity contribution in [3.63, 3.8) is 0 Å². The molecule has 36 heavy (non-hydrogen) atoms. The minimum absolute atomic E-state index is 0.00406. The second kappa shape index (κ2) is 11.1. The number of esters is 1. The fraction of sp³-hybridized carbons (Fsp3) is 0.429. The molecule has 2 aromatic heterocycles. The smallest absolute Gasteiger partial charge is 0.436 e. The Morgan fingerprint density at radius 3 is 2.56 bits per heavy atom. The fourth-order valence-corrected chi connectivity index (χ4v) is 4.58. The van der Waals surface area contributed by atoms with Gasteiger partial charge < -0.3 is 14.2 Å². The van der Waals surface area contributed by atoms with Gasteiger partial charge in [0.1, 0.15) is 18.8 Å². The summed E-state index contributed by atoms with van der Waals surface area (Å²) in [6.07, 6.45) is -3.80. The number of likely N-dealkylation sites (N-methyl/N-ethyl adjacent to an activating group) is 1. The number of aromatic nitrogens is 4. The van der Waals surface area contributed by atoms with Crippen LogP contribution in [0.15, 0.2) is 38.2 Å². The molecule has 0 bridgehead atoms. The van der Waals surface area contributed by atoms with Crippen molar-refractivity contribution in [3.05, 3.63) is 34.4 Å². The number of nitrogens with zero attached hydrogens (tertiary/aromatic N) is 5. The summed E-state index contributed by atoms with van der Waals surface area (Å²) in [6.45, 7) is 5.32. The van der Waals surface area contributed by atoms with Gasteiger partial charge in [-0.25, -0.2) is 13.1 Å². The molecule has 0 amide bonds. The number of hydrogen-bond donors (Lipinski definition) is 0. The molecule has 3 rings (SSSR count). The van der Waals surface area contributed by atoms with E-state index < -0.39 is 38.7 Å². The van der Waals surface area contributed by atoms with Crippen LogP contribution in [-0.4, -0.2) is 71.7 Å². The molecular formula is C21H23BrF3N5O5S. The zero-order valence-corrected chi connectivity index (χ0v) is 21.9. The molecule has 1 aromatic carbocycles. The molecule has 0 N–H and O–H groups in total. The Bertz CT molecular complexity index is 1340. The number of sulfone groups is 1. The van der Waals surface area contributed by atoms with Crippen molar-refractivity contribution in [1.82, 2.24) is 24.8 Å². The van der Waals surface area contributed by atoms with Crippen molar-refractivity contribution in [1.29, 1.82) is 0 Å². The largest absolute Gasteiger partial charge is 0.463 e. The fourth-order valence-electron chi connectivity index (χ4n) is 3.24. The topological polar surface area (TPSA) is 120 Å². The monoisotopic (exact) mass is 593 g/mol. The molecule has 0 aliphatic rings. The van der Waals surface area contributed by atoms with Crippen LogP contribution < -0.4 is 0 Å². The number of ether oxygens (including phenoxy) is 1. The average Bonchev–Trinajstić information content (AvgIpc) is 3.40. The molecule has 3 aromatic rings. The normalized spacial score (nSPS) is 12.3. The van der Waals surface area contributed by atoms with Crippen LogP contribution in [0.3, 0.4) is 0 Å². The van der Waals surface area contributed by atoms with Gasteiger partial charge in [-0.05, 0) is 41.2 Å². The molecule has 196 valence electrons. The molecule has 0 aliphatic heterocycles. The molecule has 0 atom stereocenters. The first-order valence-corrected chi connectivity index (χ1v) is 13.4. The van der Waals surface area contributed by atoms with Crippen LogP contribution in [0.2, 0.25) is 0 Å². The van der Waals surface area contributed by atoms with E-state index in [9.17, 15) is 26.4 Å². The van der Waals surface area contributed by atoms with E-state index in [0.717, 1.165) is 24.0 Å². The molecule has 0 radical (unpaired) electrons. The summed E-state index contributed by atoms with van der Waals surface area (Å²) in [7, 11) is -3.52. The Kier molecular flexibility index (Phi) is 8.56. The van der Waals surface area contributed by atoms with Crippen molar-refractivity contribution >= 4 is 31.7 Å². The second-order valence-electron chi connectivity index (χ2n) is 7.64. The Labute approximate surface area is 213 Å². The number of hydrogen-bond acceptors (Lipinski definition) is 9. The van der Waals surface area contributed by atoms with E-state index in [-0.39, 0.29) is 34.5 Å². The summed E-state index contributed by atoms with van der Waals surface area (Å²) in [6, 6.07) is 5.68. The van der Waals surface area contributed by atoms with Gasteiger partial charge in [-0.2, -0.15) is 23.3 Å². The maximum absolute atomic E-state index is 13.5. The van der Waals surface area contributed by atoms with Crippen LogP contribution in [0.5, 0.6) is 0 Å². The quantitative estimate of drug-likeness (QED) is 0.324. The van der Waals surface area contributed by atoms with E-state index in [0.29, 0.717) is 6.54 Å². The highest BCUT2D eigenvalue weighted by Gasteiger charge is 2.40. The lowest BCUT2D eigenvalue weighted by atomic mass is 10.2. The summed E-state index contributed by atoms with van der Waals surface area (Å²) in [4.78, 5) is 18.5. The molecule has 0 unspecified atom stereocenters. The van der Waals surface area contributed by atoms with Crippen LogP contribution in [-0.2, 0) is 32.1 Å². The standard InChI is InChI=1S/C21H23BrF3N5O5S/c1-4-29(5-2)9-10-34-15(31)12-30-17(16(22)18(27-30)21(23,24)25)20-26-19(28-35-20)13-7-6-8-14(11-13)36(3,32)33/h6-8,11H,4-5,9-10,12H2,1-3H3. The third kappa shape index (κ3) is 6.50. The van der Waals surface area contributed by atoms with Gasteiger partial charge in [0.05, 0.1) is 9.37 Å². The third-order valence-electron chi connectivity index (χ3n) is 5.16. The zero-order chi connectivity index (χ0) is 26.7. The van der Waals surface area contributed by atoms with Gasteiger partial charge in [0, 0.05) is 18.4 Å². The van der Waals surface area contributed by atoms with Gasteiger partial charge in [-0.15, -0.1) is 0 Å². The Hall–Kier alpha value is -2.78. The molecule has 0 fully saturated rings. The lowest BCUT2D eigenvalue weighted by Gasteiger charge is -2.17. The molecular weight excluding hydrogens is 571 g/mol. The molecule has 0 saturated carbocycles. The van der Waals surface area contributed by atoms with Gasteiger partial charge in [0.15, 0.2) is 15.5 Å². The van der Waals surface area contributed by atoms with Crippen molar-refractivity contribution in [2.75, 3.05) is 32.5 Å². The van der Waals surface area contributed by atoms with Gasteiger partial charge in [0.25, 0.3) is 5.89 Å². The predicted molar refractivity (Wildman–Crippen MR) is 126 cm³/mol. The molecule has 2 heterocycles. The number of rotatable bonds is 10. The highest BCUT2D eigenvalue weighted by Crippen LogP contribution is 2.39. The van der Waals surface area contributed by atoms with Crippen LogP contribution in [0.1, 0.15) is 19.5 Å². The molecule has 0 spiro atoms. The summed E-state index contributed by atoms with van der Waals surface area (Å²) < 4.78 is 74.9. The van der Waals surface area contributed by atoms with Crippen molar-refractivity contribution in [3.8, 4) is 23.0 Å². The number of halogens is 4. The van der Waals surface area contributed by atoms with E-state index in [2.05, 4.69) is 31.2 Å². The first kappa shape index (κ1) is 27.8. The van der Waals surface area contributed by atoms with E-state index >= 15 is 0 Å². The summed E-state index contributed by atoms with van der Waals surface area (Å²) in [5.41, 5.74) is -1.30. The van der Waals surface area contributed by atoms with Crippen molar-refractivity contribution in [2.45, 2.75) is 31.5 Å². The summed E-state index contributed by atoms with van der Waals surface area (Å²) in [5, 5.41) is 7.29. The first-order valence-electron chi connectivity index (χ1n) is 10.7. The van der Waals surface area contributed by atoms with Gasteiger partial charge in [-0.3, -0.25) is 4.79 Å². The van der Waals surface area contributed by atoms with Crippen LogP contribution >= 0.6 is 15.9 Å². The maximum atomic E-state index is 13.5. The lowest BCUT2D eigenvalue weighted by Crippen LogP contribution is -2.28. The zero-order valence-electron chi connectivity index (χ0n) is 19.5. The predicted octanol–water partition coefficient (Wildman–Crippen LogP) is 3.67. The van der Waals surface area contributed by atoms with Gasteiger partial charge in [0.2, 0.25) is 5.82 Å². The van der Waals surface area contributed by atoms with E-state index in [1.54, 1.807) is 0 Å². The average molecular weight is 594 g/mol. The Morgan fingerprint density at radius 2 is 1.94 bits per heavy atom. The number of carbonyl (C=O) groups is 1.